The third-order valence-electron chi connectivity index (χ3n) is 3.88. The maximum Gasteiger partial charge on any atom is 0.351 e. The molecule has 0 aliphatic heterocycles. The van der Waals surface area contributed by atoms with E-state index < -0.39 is 18.0 Å². The normalized spacial score (nSPS) is 12.1. The average molecular weight is 373 g/mol. The summed E-state index contributed by atoms with van der Waals surface area (Å²) >= 11 is 1.17. The molecule has 7 nitrogen and oxygen atoms in total. The van der Waals surface area contributed by atoms with Crippen LogP contribution in [-0.4, -0.2) is 23.0 Å². The van der Waals surface area contributed by atoms with Crippen LogP contribution in [0, 0.1) is 13.8 Å². The van der Waals surface area contributed by atoms with Gasteiger partial charge in [0.2, 0.25) is 0 Å². The van der Waals surface area contributed by atoms with Crippen molar-refractivity contribution in [3.05, 3.63) is 46.4 Å². The molecular weight excluding hydrogens is 354 g/mol. The molecule has 1 amide bonds. The van der Waals surface area contributed by atoms with Crippen molar-refractivity contribution in [3.63, 3.8) is 0 Å². The minimum absolute atomic E-state index is 0.223. The molecule has 3 aromatic heterocycles. The van der Waals surface area contributed by atoms with E-state index in [0.717, 1.165) is 16.6 Å². The lowest BCUT2D eigenvalue weighted by molar-refractivity contribution is -0.129. The van der Waals surface area contributed by atoms with Crippen LogP contribution in [0.1, 0.15) is 33.6 Å². The molecule has 3 rings (SSSR count). The van der Waals surface area contributed by atoms with Gasteiger partial charge in [-0.25, -0.2) is 9.78 Å². The summed E-state index contributed by atoms with van der Waals surface area (Å²) in [5.74, 6) is -0.440. The molecule has 0 fully saturated rings. The van der Waals surface area contributed by atoms with E-state index in [1.807, 2.05) is 19.9 Å². The Labute approximate surface area is 154 Å². The van der Waals surface area contributed by atoms with Crippen molar-refractivity contribution in [2.24, 2.45) is 0 Å². The molecule has 0 aliphatic rings. The largest absolute Gasteiger partial charge is 0.467 e. The molecule has 0 aliphatic carbocycles. The fourth-order valence-electron chi connectivity index (χ4n) is 2.62. The molecular formula is C18H19N3O4S. The second-order valence-corrected chi connectivity index (χ2v) is 6.95. The molecule has 0 aromatic carbocycles. The molecule has 3 N–H and O–H groups in total. The maximum absolute atomic E-state index is 12.5. The molecule has 26 heavy (non-hydrogen) atoms. The van der Waals surface area contributed by atoms with Gasteiger partial charge in [-0.3, -0.25) is 4.79 Å². The highest BCUT2D eigenvalue weighted by Gasteiger charge is 2.24. The van der Waals surface area contributed by atoms with Crippen molar-refractivity contribution < 1.29 is 18.7 Å². The lowest BCUT2D eigenvalue weighted by atomic mass is 10.1. The van der Waals surface area contributed by atoms with Gasteiger partial charge in [-0.1, -0.05) is 0 Å². The van der Waals surface area contributed by atoms with E-state index in [9.17, 15) is 9.59 Å². The van der Waals surface area contributed by atoms with E-state index in [0.29, 0.717) is 16.3 Å². The summed E-state index contributed by atoms with van der Waals surface area (Å²) in [6.07, 6.45) is 0.560. The van der Waals surface area contributed by atoms with Crippen LogP contribution in [0.25, 0.3) is 10.2 Å². The van der Waals surface area contributed by atoms with Gasteiger partial charge in [0.05, 0.1) is 18.5 Å². The SMILES string of the molecule is Cc1cc(C)c2c(N)c(C(=O)OC(C)C(=O)NCc3ccco3)sc2n1. The average Bonchev–Trinajstić information content (AvgIpc) is 3.20. The second kappa shape index (κ2) is 7.17. The number of nitrogens with two attached hydrogens (primary N) is 1. The van der Waals surface area contributed by atoms with Gasteiger partial charge >= 0.3 is 5.97 Å². The lowest BCUT2D eigenvalue weighted by Gasteiger charge is -2.12. The highest BCUT2D eigenvalue weighted by Crippen LogP contribution is 2.35. The molecule has 3 aromatic rings. The van der Waals surface area contributed by atoms with Crippen LogP contribution in [0.2, 0.25) is 0 Å². The van der Waals surface area contributed by atoms with Crippen molar-refractivity contribution in [2.45, 2.75) is 33.4 Å². The Balaban J connectivity index is 1.71. The number of fused-ring (bicyclic) bond motifs is 1. The molecule has 0 saturated heterocycles. The zero-order valence-corrected chi connectivity index (χ0v) is 15.5. The van der Waals surface area contributed by atoms with E-state index in [1.54, 1.807) is 12.1 Å². The minimum Gasteiger partial charge on any atom is -0.467 e. The number of carbonyl (C=O) groups is 2. The fraction of sp³-hybridized carbons (Fsp3) is 0.278. The van der Waals surface area contributed by atoms with Crippen LogP contribution in [-0.2, 0) is 16.1 Å². The van der Waals surface area contributed by atoms with Crippen molar-refractivity contribution in [2.75, 3.05) is 5.73 Å². The third-order valence-corrected chi connectivity index (χ3v) is 4.96. The number of furan rings is 1. The molecule has 0 bridgehead atoms. The Bertz CT molecular complexity index is 963. The third kappa shape index (κ3) is 3.55. The number of ether oxygens (including phenoxy) is 1. The number of aromatic nitrogens is 1. The zero-order valence-electron chi connectivity index (χ0n) is 14.7. The van der Waals surface area contributed by atoms with Crippen molar-refractivity contribution in [3.8, 4) is 0 Å². The Kier molecular flexibility index (Phi) is 4.94. The number of thiophene rings is 1. The molecule has 1 atom stereocenters. The topological polar surface area (TPSA) is 107 Å². The van der Waals surface area contributed by atoms with E-state index in [-0.39, 0.29) is 11.4 Å². The maximum atomic E-state index is 12.5. The highest BCUT2D eigenvalue weighted by atomic mass is 32.1. The summed E-state index contributed by atoms with van der Waals surface area (Å²) in [6.45, 7) is 5.53. The van der Waals surface area contributed by atoms with Gasteiger partial charge in [0.15, 0.2) is 6.10 Å². The van der Waals surface area contributed by atoms with E-state index in [2.05, 4.69) is 10.3 Å². The molecule has 1 unspecified atom stereocenters. The first-order chi connectivity index (χ1) is 12.4. The van der Waals surface area contributed by atoms with Gasteiger partial charge in [0.1, 0.15) is 15.5 Å². The first-order valence-electron chi connectivity index (χ1n) is 8.04. The van der Waals surface area contributed by atoms with Gasteiger partial charge in [-0.15, -0.1) is 11.3 Å². The highest BCUT2D eigenvalue weighted by molar-refractivity contribution is 7.21. The van der Waals surface area contributed by atoms with Crippen LogP contribution >= 0.6 is 11.3 Å². The predicted octanol–water partition coefficient (Wildman–Crippen LogP) is 2.95. The quantitative estimate of drug-likeness (QED) is 0.666. The molecule has 0 radical (unpaired) electrons. The Hall–Kier alpha value is -2.87. The number of pyridine rings is 1. The van der Waals surface area contributed by atoms with Crippen LogP contribution in [0.3, 0.4) is 0 Å². The van der Waals surface area contributed by atoms with Gasteiger partial charge in [0.25, 0.3) is 5.91 Å². The summed E-state index contributed by atoms with van der Waals surface area (Å²) < 4.78 is 10.4. The summed E-state index contributed by atoms with van der Waals surface area (Å²) in [4.78, 5) is 29.9. The number of rotatable bonds is 5. The number of amides is 1. The number of aryl methyl sites for hydroxylation is 2. The predicted molar refractivity (Wildman–Crippen MR) is 98.9 cm³/mol. The number of anilines is 1. The van der Waals surface area contributed by atoms with Crippen LogP contribution in [0.5, 0.6) is 0 Å². The van der Waals surface area contributed by atoms with E-state index >= 15 is 0 Å². The summed E-state index contributed by atoms with van der Waals surface area (Å²) in [5.41, 5.74) is 8.26. The van der Waals surface area contributed by atoms with Gasteiger partial charge in [-0.2, -0.15) is 0 Å². The number of hydrogen-bond donors (Lipinski definition) is 2. The van der Waals surface area contributed by atoms with Crippen LogP contribution in [0.4, 0.5) is 5.69 Å². The summed E-state index contributed by atoms with van der Waals surface area (Å²) in [6, 6.07) is 5.38. The van der Waals surface area contributed by atoms with Crippen molar-refractivity contribution in [1.29, 1.82) is 0 Å². The summed E-state index contributed by atoms with van der Waals surface area (Å²) in [7, 11) is 0. The second-order valence-electron chi connectivity index (χ2n) is 5.95. The van der Waals surface area contributed by atoms with Gasteiger partial charge < -0.3 is 20.2 Å². The number of nitrogens with zero attached hydrogens (tertiary/aromatic N) is 1. The molecule has 0 spiro atoms. The van der Waals surface area contributed by atoms with Crippen molar-refractivity contribution >= 4 is 39.1 Å². The molecule has 8 heteroatoms. The number of nitrogen functional groups attached to an aromatic ring is 1. The number of carbonyl (C=O) groups excluding carboxylic acids is 2. The number of hydrogen-bond acceptors (Lipinski definition) is 7. The smallest absolute Gasteiger partial charge is 0.351 e. The summed E-state index contributed by atoms with van der Waals surface area (Å²) in [5, 5.41) is 3.40. The Morgan fingerprint density at radius 2 is 2.19 bits per heavy atom. The first-order valence-corrected chi connectivity index (χ1v) is 8.85. The fourth-order valence-corrected chi connectivity index (χ4v) is 3.72. The van der Waals surface area contributed by atoms with Crippen LogP contribution < -0.4 is 11.1 Å². The van der Waals surface area contributed by atoms with Crippen LogP contribution in [0.15, 0.2) is 28.9 Å². The van der Waals surface area contributed by atoms with Gasteiger partial charge in [-0.05, 0) is 44.5 Å². The van der Waals surface area contributed by atoms with E-state index in [1.165, 1.54) is 24.5 Å². The lowest BCUT2D eigenvalue weighted by Crippen LogP contribution is -2.35. The number of nitrogens with one attached hydrogen (secondary N) is 1. The van der Waals surface area contributed by atoms with Gasteiger partial charge in [0, 0.05) is 11.1 Å². The monoisotopic (exact) mass is 373 g/mol. The van der Waals surface area contributed by atoms with E-state index in [4.69, 9.17) is 14.9 Å². The van der Waals surface area contributed by atoms with Crippen molar-refractivity contribution in [1.82, 2.24) is 10.3 Å². The molecule has 3 heterocycles. The Morgan fingerprint density at radius 1 is 1.42 bits per heavy atom. The zero-order chi connectivity index (χ0) is 18.8. The first kappa shape index (κ1) is 17.9. The Morgan fingerprint density at radius 3 is 2.88 bits per heavy atom. The minimum atomic E-state index is -0.960. The number of esters is 1. The standard InChI is InChI=1S/C18H19N3O4S/c1-9-7-10(2)21-17-13(9)14(19)15(26-17)18(23)25-11(3)16(22)20-8-12-5-4-6-24-12/h4-7,11H,8,19H2,1-3H3,(H,20,22). The molecule has 0 saturated carbocycles. The molecule has 136 valence electrons.